The van der Waals surface area contributed by atoms with Gasteiger partial charge in [-0.05, 0) is 42.8 Å². The fourth-order valence-electron chi connectivity index (χ4n) is 4.64. The lowest BCUT2D eigenvalue weighted by Crippen LogP contribution is -2.46. The van der Waals surface area contributed by atoms with Crippen LogP contribution in [-0.4, -0.2) is 37.1 Å². The van der Waals surface area contributed by atoms with E-state index in [4.69, 9.17) is 5.11 Å². The molecule has 36 heavy (non-hydrogen) atoms. The van der Waals surface area contributed by atoms with Crippen molar-refractivity contribution in [3.8, 4) is 0 Å². The van der Waals surface area contributed by atoms with Crippen molar-refractivity contribution in [3.63, 3.8) is 0 Å². The number of halogens is 3. The molecule has 8 nitrogen and oxygen atoms in total. The van der Waals surface area contributed by atoms with E-state index < -0.39 is 35.5 Å². The van der Waals surface area contributed by atoms with Crippen molar-refractivity contribution in [1.82, 2.24) is 14.9 Å². The predicted octanol–water partition coefficient (Wildman–Crippen LogP) is 5.08. The van der Waals surface area contributed by atoms with Gasteiger partial charge in [0.15, 0.2) is 5.72 Å². The number of anilines is 1. The Morgan fingerprint density at radius 1 is 1.11 bits per heavy atom. The minimum absolute atomic E-state index is 0.0290. The molecule has 1 aliphatic rings. The first-order chi connectivity index (χ1) is 17.0. The molecule has 2 heterocycles. The van der Waals surface area contributed by atoms with Gasteiger partial charge in [0.1, 0.15) is 0 Å². The summed E-state index contributed by atoms with van der Waals surface area (Å²) in [6, 6.07) is 14.7. The van der Waals surface area contributed by atoms with E-state index in [1.165, 1.54) is 24.3 Å². The number of imidazole rings is 1. The van der Waals surface area contributed by atoms with Gasteiger partial charge in [-0.2, -0.15) is 13.2 Å². The lowest BCUT2D eigenvalue weighted by molar-refractivity contribution is -0.137. The van der Waals surface area contributed by atoms with E-state index in [1.807, 2.05) is 0 Å². The number of aromatic amines is 1. The molecule has 4 N–H and O–H groups in total. The van der Waals surface area contributed by atoms with E-state index in [1.54, 1.807) is 37.3 Å². The largest absolute Gasteiger partial charge is 0.465 e. The standard InChI is InChI=1S/C25H19F3N4O4/c1-13(14-5-4-6-16(11-14)25(26,27)28)32-21(33)17-7-2-3-8-18(17)24(32,36)15-9-10-19-20(12-15)30-22(29-19)31-23(34)35/h2-13,36H,1H3,(H,34,35)(H2,29,30,31). The van der Waals surface area contributed by atoms with Crippen LogP contribution in [0.4, 0.5) is 23.9 Å². The summed E-state index contributed by atoms with van der Waals surface area (Å²) in [7, 11) is 0. The number of hydrogen-bond donors (Lipinski definition) is 4. The van der Waals surface area contributed by atoms with Gasteiger partial charge in [0.2, 0.25) is 5.95 Å². The summed E-state index contributed by atoms with van der Waals surface area (Å²) in [4.78, 5) is 32.6. The molecule has 0 radical (unpaired) electrons. The third-order valence-corrected chi connectivity index (χ3v) is 6.29. The molecular formula is C25H19F3N4O4. The van der Waals surface area contributed by atoms with Crippen molar-refractivity contribution in [1.29, 1.82) is 0 Å². The van der Waals surface area contributed by atoms with E-state index in [2.05, 4.69) is 15.3 Å². The van der Waals surface area contributed by atoms with Crippen molar-refractivity contribution >= 4 is 29.0 Å². The molecule has 4 aromatic rings. The second kappa shape index (κ2) is 8.09. The fourth-order valence-corrected chi connectivity index (χ4v) is 4.64. The number of carbonyl (C=O) groups excluding carboxylic acids is 1. The van der Waals surface area contributed by atoms with Crippen LogP contribution in [0.2, 0.25) is 0 Å². The molecule has 0 spiro atoms. The SMILES string of the molecule is CC(c1cccc(C(F)(F)F)c1)N1C(=O)c2ccccc2C1(O)c1ccc2nc(NC(=O)O)[nH]c2c1. The van der Waals surface area contributed by atoms with Gasteiger partial charge in [-0.3, -0.25) is 15.0 Å². The van der Waals surface area contributed by atoms with Gasteiger partial charge in [-0.1, -0.05) is 36.4 Å². The Labute approximate surface area is 202 Å². The first kappa shape index (κ1) is 23.4. The number of fused-ring (bicyclic) bond motifs is 2. The van der Waals surface area contributed by atoms with Crippen LogP contribution in [0.25, 0.3) is 11.0 Å². The molecule has 2 amide bonds. The van der Waals surface area contributed by atoms with Crippen LogP contribution in [0.3, 0.4) is 0 Å². The lowest BCUT2D eigenvalue weighted by atomic mass is 9.92. The molecule has 0 bridgehead atoms. The van der Waals surface area contributed by atoms with Crippen LogP contribution in [0.15, 0.2) is 66.7 Å². The molecule has 0 fully saturated rings. The number of carboxylic acid groups (broad SMARTS) is 1. The average molecular weight is 496 g/mol. The molecule has 184 valence electrons. The Kier molecular flexibility index (Phi) is 5.25. The van der Waals surface area contributed by atoms with Crippen molar-refractivity contribution in [2.24, 2.45) is 0 Å². The number of benzene rings is 3. The molecule has 2 unspecified atom stereocenters. The van der Waals surface area contributed by atoms with Crippen LogP contribution in [0, 0.1) is 0 Å². The summed E-state index contributed by atoms with van der Waals surface area (Å²) in [5.74, 6) is -0.574. The number of aromatic nitrogens is 2. The summed E-state index contributed by atoms with van der Waals surface area (Å²) in [5, 5.41) is 23.2. The molecule has 1 aliphatic heterocycles. The molecule has 0 saturated heterocycles. The Bertz CT molecular complexity index is 1520. The zero-order valence-corrected chi connectivity index (χ0v) is 18.7. The Balaban J connectivity index is 1.65. The van der Waals surface area contributed by atoms with E-state index in [9.17, 15) is 27.9 Å². The third kappa shape index (κ3) is 3.64. The molecule has 11 heteroatoms. The Hall–Kier alpha value is -4.38. The highest BCUT2D eigenvalue weighted by atomic mass is 19.4. The number of H-pyrrole nitrogens is 1. The number of hydrogen-bond acceptors (Lipinski definition) is 4. The number of rotatable bonds is 4. The average Bonchev–Trinajstić information content (AvgIpc) is 3.33. The summed E-state index contributed by atoms with van der Waals surface area (Å²) < 4.78 is 40.1. The van der Waals surface area contributed by atoms with Crippen molar-refractivity contribution in [2.45, 2.75) is 24.9 Å². The Morgan fingerprint density at radius 3 is 2.58 bits per heavy atom. The second-order valence-electron chi connectivity index (χ2n) is 8.44. The molecule has 3 aromatic carbocycles. The minimum atomic E-state index is -4.57. The fraction of sp³-hybridized carbons (Fsp3) is 0.160. The summed E-state index contributed by atoms with van der Waals surface area (Å²) in [6.45, 7) is 1.55. The van der Waals surface area contributed by atoms with Crippen LogP contribution >= 0.6 is 0 Å². The highest BCUT2D eigenvalue weighted by Gasteiger charge is 2.52. The van der Waals surface area contributed by atoms with Gasteiger partial charge >= 0.3 is 12.3 Å². The molecule has 2 atom stereocenters. The van der Waals surface area contributed by atoms with Gasteiger partial charge in [0.05, 0.1) is 22.6 Å². The molecule has 5 rings (SSSR count). The van der Waals surface area contributed by atoms with Gasteiger partial charge in [-0.25, -0.2) is 9.78 Å². The highest BCUT2D eigenvalue weighted by Crippen LogP contribution is 2.47. The van der Waals surface area contributed by atoms with Gasteiger partial charge in [0, 0.05) is 16.7 Å². The topological polar surface area (TPSA) is 119 Å². The molecule has 0 saturated carbocycles. The number of nitrogens with one attached hydrogen (secondary N) is 2. The van der Waals surface area contributed by atoms with Crippen molar-refractivity contribution in [2.75, 3.05) is 5.32 Å². The van der Waals surface area contributed by atoms with E-state index >= 15 is 0 Å². The van der Waals surface area contributed by atoms with Crippen molar-refractivity contribution < 1.29 is 33.0 Å². The monoisotopic (exact) mass is 496 g/mol. The smallest absolute Gasteiger partial charge is 0.416 e. The zero-order valence-electron chi connectivity index (χ0n) is 18.7. The minimum Gasteiger partial charge on any atom is -0.465 e. The third-order valence-electron chi connectivity index (χ3n) is 6.29. The lowest BCUT2D eigenvalue weighted by Gasteiger charge is -2.39. The van der Waals surface area contributed by atoms with Crippen LogP contribution in [-0.2, 0) is 11.9 Å². The van der Waals surface area contributed by atoms with E-state index in [0.717, 1.165) is 17.0 Å². The van der Waals surface area contributed by atoms with Crippen LogP contribution in [0.5, 0.6) is 0 Å². The van der Waals surface area contributed by atoms with Gasteiger partial charge in [-0.15, -0.1) is 0 Å². The molecule has 0 aliphatic carbocycles. The summed E-state index contributed by atoms with van der Waals surface area (Å²) in [6.07, 6.45) is -5.89. The molecule has 1 aromatic heterocycles. The quantitative estimate of drug-likeness (QED) is 0.314. The maximum atomic E-state index is 13.5. The number of nitrogens with zero attached hydrogens (tertiary/aromatic N) is 2. The van der Waals surface area contributed by atoms with Crippen LogP contribution in [0.1, 0.15) is 45.6 Å². The number of aliphatic hydroxyl groups is 1. The summed E-state index contributed by atoms with van der Waals surface area (Å²) >= 11 is 0. The maximum absolute atomic E-state index is 13.5. The van der Waals surface area contributed by atoms with E-state index in [-0.39, 0.29) is 28.2 Å². The first-order valence-electron chi connectivity index (χ1n) is 10.8. The summed E-state index contributed by atoms with van der Waals surface area (Å²) in [5.41, 5.74) is -1.17. The second-order valence-corrected chi connectivity index (χ2v) is 8.44. The maximum Gasteiger partial charge on any atom is 0.416 e. The van der Waals surface area contributed by atoms with Gasteiger partial charge < -0.3 is 15.2 Å². The zero-order chi connectivity index (χ0) is 25.8. The normalized spacial score (nSPS) is 18.4. The predicted molar refractivity (Wildman–Crippen MR) is 123 cm³/mol. The number of alkyl halides is 3. The number of amides is 2. The van der Waals surface area contributed by atoms with Gasteiger partial charge in [0.25, 0.3) is 5.91 Å². The van der Waals surface area contributed by atoms with Crippen molar-refractivity contribution in [3.05, 3.63) is 94.5 Å². The van der Waals surface area contributed by atoms with Crippen LogP contribution < -0.4 is 5.32 Å². The first-order valence-corrected chi connectivity index (χ1v) is 10.8. The number of carbonyl (C=O) groups is 2. The highest BCUT2D eigenvalue weighted by molar-refractivity contribution is 6.01. The Morgan fingerprint density at radius 2 is 1.86 bits per heavy atom. The van der Waals surface area contributed by atoms with E-state index in [0.29, 0.717) is 11.0 Å². The molecular weight excluding hydrogens is 477 g/mol.